The predicted octanol–water partition coefficient (Wildman–Crippen LogP) is 2.91. The van der Waals surface area contributed by atoms with Gasteiger partial charge >= 0.3 is 0 Å². The Kier molecular flexibility index (Phi) is 7.24. The van der Waals surface area contributed by atoms with Crippen LogP contribution in [0, 0.1) is 17.7 Å². The summed E-state index contributed by atoms with van der Waals surface area (Å²) in [6.07, 6.45) is 4.50. The van der Waals surface area contributed by atoms with Crippen LogP contribution < -0.4 is 5.56 Å². The van der Waals surface area contributed by atoms with Crippen molar-refractivity contribution < 1.29 is 18.8 Å². The number of likely N-dealkylation sites (tertiary alicyclic amines) is 2. The number of aromatic nitrogens is 1. The molecule has 2 aliphatic heterocycles. The third-order valence-corrected chi connectivity index (χ3v) is 6.99. The number of hydrogen-bond donors (Lipinski definition) is 0. The topological polar surface area (TPSA) is 79.7 Å². The van der Waals surface area contributed by atoms with Gasteiger partial charge in [-0.3, -0.25) is 23.7 Å². The number of rotatable bonds is 5. The number of amides is 2. The van der Waals surface area contributed by atoms with E-state index >= 15 is 0 Å². The highest BCUT2D eigenvalue weighted by Crippen LogP contribution is 2.26. The highest BCUT2D eigenvalue weighted by Gasteiger charge is 2.37. The van der Waals surface area contributed by atoms with Gasteiger partial charge in [0.25, 0.3) is 11.5 Å². The minimum atomic E-state index is -1.38. The van der Waals surface area contributed by atoms with E-state index in [1.165, 1.54) is 24.4 Å². The van der Waals surface area contributed by atoms with E-state index in [9.17, 15) is 23.6 Å². The molecular weight excluding hydrogens is 437 g/mol. The molecule has 2 aromatic rings. The van der Waals surface area contributed by atoms with Gasteiger partial charge in [0.15, 0.2) is 11.8 Å². The van der Waals surface area contributed by atoms with Crippen molar-refractivity contribution in [3.63, 3.8) is 0 Å². The zero-order valence-corrected chi connectivity index (χ0v) is 19.4. The maximum Gasteiger partial charge on any atom is 0.253 e. The molecule has 0 radical (unpaired) electrons. The van der Waals surface area contributed by atoms with Crippen molar-refractivity contribution in [3.8, 4) is 0 Å². The molecule has 2 fully saturated rings. The number of carbonyl (C=O) groups excluding carboxylic acids is 3. The number of hydrogen-bond acceptors (Lipinski definition) is 4. The summed E-state index contributed by atoms with van der Waals surface area (Å²) in [4.78, 5) is 55.8. The van der Waals surface area contributed by atoms with E-state index in [2.05, 4.69) is 6.92 Å². The second kappa shape index (κ2) is 10.3. The molecule has 1 aromatic carbocycles. The minimum Gasteiger partial charge on any atom is -0.342 e. The summed E-state index contributed by atoms with van der Waals surface area (Å²) in [6.45, 7) is 4.45. The SMILES string of the molecule is CC1CCN(C(=O)C2CCN(C(=O)C(C(=O)c3ccc(F)cc3)n3ccccc3=O)CC2)CC1. The van der Waals surface area contributed by atoms with Crippen molar-refractivity contribution in [2.24, 2.45) is 11.8 Å². The lowest BCUT2D eigenvalue weighted by atomic mass is 9.92. The number of ketones is 1. The smallest absolute Gasteiger partial charge is 0.253 e. The van der Waals surface area contributed by atoms with Crippen LogP contribution in [0.15, 0.2) is 53.5 Å². The molecular formula is C26H30FN3O4. The normalized spacial score (nSPS) is 18.5. The molecule has 1 unspecified atom stereocenters. The van der Waals surface area contributed by atoms with Gasteiger partial charge in [-0.1, -0.05) is 13.0 Å². The van der Waals surface area contributed by atoms with Crippen molar-refractivity contribution in [2.75, 3.05) is 26.2 Å². The van der Waals surface area contributed by atoms with E-state index in [-0.39, 0.29) is 17.4 Å². The lowest BCUT2D eigenvalue weighted by molar-refractivity contribution is -0.142. The molecule has 180 valence electrons. The number of nitrogens with zero attached hydrogens (tertiary/aromatic N) is 3. The van der Waals surface area contributed by atoms with Crippen LogP contribution in [0.4, 0.5) is 4.39 Å². The number of benzene rings is 1. The second-order valence-corrected chi connectivity index (χ2v) is 9.33. The minimum absolute atomic E-state index is 0.136. The van der Waals surface area contributed by atoms with Crippen LogP contribution >= 0.6 is 0 Å². The van der Waals surface area contributed by atoms with Crippen LogP contribution in [-0.4, -0.2) is 58.1 Å². The predicted molar refractivity (Wildman–Crippen MR) is 125 cm³/mol. The molecule has 2 aliphatic rings. The number of pyridine rings is 1. The zero-order chi connectivity index (χ0) is 24.2. The third kappa shape index (κ3) is 5.11. The van der Waals surface area contributed by atoms with E-state index in [4.69, 9.17) is 0 Å². The Bertz CT molecular complexity index is 1100. The van der Waals surface area contributed by atoms with Gasteiger partial charge in [0.1, 0.15) is 5.82 Å². The molecule has 0 N–H and O–H groups in total. The van der Waals surface area contributed by atoms with Gasteiger partial charge in [0.05, 0.1) is 0 Å². The van der Waals surface area contributed by atoms with Crippen molar-refractivity contribution in [1.29, 1.82) is 0 Å². The van der Waals surface area contributed by atoms with Crippen LogP contribution in [0.25, 0.3) is 0 Å². The molecule has 34 heavy (non-hydrogen) atoms. The molecule has 2 amide bonds. The van der Waals surface area contributed by atoms with Crippen LogP contribution in [-0.2, 0) is 9.59 Å². The first kappa shape index (κ1) is 23.9. The Morgan fingerprint density at radius 2 is 1.50 bits per heavy atom. The Morgan fingerprint density at radius 1 is 0.882 bits per heavy atom. The van der Waals surface area contributed by atoms with Crippen molar-refractivity contribution in [1.82, 2.24) is 14.4 Å². The average molecular weight is 468 g/mol. The van der Waals surface area contributed by atoms with Crippen LogP contribution in [0.1, 0.15) is 49.0 Å². The first-order chi connectivity index (χ1) is 16.3. The Hall–Kier alpha value is -3.29. The number of halogens is 1. The summed E-state index contributed by atoms with van der Waals surface area (Å²) in [6, 6.07) is 7.98. The molecule has 2 saturated heterocycles. The standard InChI is InChI=1S/C26H30FN3O4/c1-18-9-14-28(15-10-18)25(33)20-11-16-29(17-12-20)26(34)23(30-13-3-2-4-22(30)31)24(32)19-5-7-21(27)8-6-19/h2-8,13,18,20,23H,9-12,14-17H2,1H3. The van der Waals surface area contributed by atoms with Crippen molar-refractivity contribution in [2.45, 2.75) is 38.6 Å². The highest BCUT2D eigenvalue weighted by atomic mass is 19.1. The largest absolute Gasteiger partial charge is 0.342 e. The van der Waals surface area contributed by atoms with E-state index in [1.54, 1.807) is 17.0 Å². The van der Waals surface area contributed by atoms with Crippen molar-refractivity contribution >= 4 is 17.6 Å². The lowest BCUT2D eigenvalue weighted by Crippen LogP contribution is -2.49. The lowest BCUT2D eigenvalue weighted by Gasteiger charge is -2.37. The van der Waals surface area contributed by atoms with Crippen LogP contribution in [0.2, 0.25) is 0 Å². The maximum absolute atomic E-state index is 13.5. The molecule has 8 heteroatoms. The van der Waals surface area contributed by atoms with Gasteiger partial charge in [-0.05, 0) is 61.9 Å². The van der Waals surface area contributed by atoms with Gasteiger partial charge < -0.3 is 9.80 Å². The summed E-state index contributed by atoms with van der Waals surface area (Å²) in [5.74, 6) is -0.897. The zero-order valence-electron chi connectivity index (χ0n) is 19.4. The van der Waals surface area contributed by atoms with Gasteiger partial charge in [-0.2, -0.15) is 0 Å². The van der Waals surface area contributed by atoms with Gasteiger partial charge in [0.2, 0.25) is 5.91 Å². The van der Waals surface area contributed by atoms with E-state index in [1.807, 2.05) is 4.90 Å². The van der Waals surface area contributed by atoms with Gasteiger partial charge in [-0.15, -0.1) is 0 Å². The first-order valence-corrected chi connectivity index (χ1v) is 11.9. The summed E-state index contributed by atoms with van der Waals surface area (Å²) in [5.41, 5.74) is -0.319. The summed E-state index contributed by atoms with van der Waals surface area (Å²) in [5, 5.41) is 0. The first-order valence-electron chi connectivity index (χ1n) is 11.9. The fourth-order valence-electron chi connectivity index (χ4n) is 4.79. The Balaban J connectivity index is 1.49. The van der Waals surface area contributed by atoms with Gasteiger partial charge in [0, 0.05) is 49.9 Å². The fraction of sp³-hybridized carbons (Fsp3) is 0.462. The molecule has 0 aliphatic carbocycles. The number of carbonyl (C=O) groups is 3. The number of Topliss-reactive ketones (excluding diaryl/α,β-unsaturated/α-hetero) is 1. The van der Waals surface area contributed by atoms with E-state index in [0.29, 0.717) is 31.8 Å². The summed E-state index contributed by atoms with van der Waals surface area (Å²) in [7, 11) is 0. The molecule has 1 aromatic heterocycles. The maximum atomic E-state index is 13.5. The highest BCUT2D eigenvalue weighted by molar-refractivity contribution is 6.11. The molecule has 7 nitrogen and oxygen atoms in total. The third-order valence-electron chi connectivity index (χ3n) is 6.99. The van der Waals surface area contributed by atoms with Crippen LogP contribution in [0.3, 0.4) is 0 Å². The van der Waals surface area contributed by atoms with E-state index in [0.717, 1.165) is 42.6 Å². The molecule has 0 spiro atoms. The van der Waals surface area contributed by atoms with Crippen LogP contribution in [0.5, 0.6) is 0 Å². The quantitative estimate of drug-likeness (QED) is 0.500. The molecule has 3 heterocycles. The van der Waals surface area contributed by atoms with E-state index < -0.39 is 29.1 Å². The molecule has 0 saturated carbocycles. The fourth-order valence-corrected chi connectivity index (χ4v) is 4.79. The summed E-state index contributed by atoms with van der Waals surface area (Å²) >= 11 is 0. The summed E-state index contributed by atoms with van der Waals surface area (Å²) < 4.78 is 14.5. The van der Waals surface area contributed by atoms with Crippen molar-refractivity contribution in [3.05, 3.63) is 70.4 Å². The Morgan fingerprint density at radius 3 is 2.12 bits per heavy atom. The molecule has 0 bridgehead atoms. The second-order valence-electron chi connectivity index (χ2n) is 9.33. The molecule has 1 atom stereocenters. The average Bonchev–Trinajstić information content (AvgIpc) is 2.86. The number of piperidine rings is 2. The molecule has 4 rings (SSSR count). The Labute approximate surface area is 198 Å². The monoisotopic (exact) mass is 467 g/mol. The van der Waals surface area contributed by atoms with Gasteiger partial charge in [-0.25, -0.2) is 4.39 Å².